The normalized spacial score (nSPS) is 10.9. The van der Waals surface area contributed by atoms with E-state index >= 15 is 0 Å². The lowest BCUT2D eigenvalue weighted by molar-refractivity contribution is 0.102. The summed E-state index contributed by atoms with van der Waals surface area (Å²) in [5.41, 5.74) is 8.57. The summed E-state index contributed by atoms with van der Waals surface area (Å²) in [5.74, 6) is -1.03. The van der Waals surface area contributed by atoms with Gasteiger partial charge in [-0.3, -0.25) is 15.0 Å². The Labute approximate surface area is 214 Å². The van der Waals surface area contributed by atoms with E-state index in [1.165, 1.54) is 6.07 Å². The van der Waals surface area contributed by atoms with Crippen LogP contribution < -0.4 is 16.4 Å². The number of amides is 2. The van der Waals surface area contributed by atoms with Gasteiger partial charge in [0.25, 0.3) is 11.8 Å². The molecule has 8 nitrogen and oxygen atoms in total. The second kappa shape index (κ2) is 10.5. The number of nitrogens with one attached hydrogen (secondary N) is 3. The van der Waals surface area contributed by atoms with Crippen molar-refractivity contribution in [1.29, 1.82) is 5.41 Å². The minimum Gasteiger partial charge on any atom is -0.384 e. The summed E-state index contributed by atoms with van der Waals surface area (Å²) in [5, 5.41) is 13.1. The number of benzene rings is 4. The first-order valence-corrected chi connectivity index (χ1v) is 13.1. The highest BCUT2D eigenvalue weighted by molar-refractivity contribution is 7.90. The number of hydrogen-bond donors (Lipinski definition) is 4. The molecule has 4 aromatic rings. The number of anilines is 2. The number of hydrogen-bond acceptors (Lipinski definition) is 5. The van der Waals surface area contributed by atoms with E-state index in [-0.39, 0.29) is 16.3 Å². The van der Waals surface area contributed by atoms with Crippen LogP contribution in [-0.4, -0.2) is 32.3 Å². The van der Waals surface area contributed by atoms with Gasteiger partial charge in [-0.2, -0.15) is 0 Å². The van der Waals surface area contributed by atoms with E-state index in [1.807, 2.05) is 0 Å². The Morgan fingerprint density at radius 1 is 0.757 bits per heavy atom. The van der Waals surface area contributed by atoms with Gasteiger partial charge >= 0.3 is 0 Å². The SMILES string of the molecule is CS(=O)(=O)c1ccccc1-c1ccc(NC(=O)c2ccccc2NC(=O)c2cccc(C(=N)N)c2)cc1. The number of carbonyl (C=O) groups is 2. The molecule has 0 radical (unpaired) electrons. The third-order valence-electron chi connectivity index (χ3n) is 5.60. The van der Waals surface area contributed by atoms with Gasteiger partial charge in [0.05, 0.1) is 16.1 Å². The maximum Gasteiger partial charge on any atom is 0.257 e. The van der Waals surface area contributed by atoms with Gasteiger partial charge in [0, 0.05) is 28.6 Å². The number of nitrogens with two attached hydrogens (primary N) is 1. The number of carbonyl (C=O) groups excluding carboxylic acids is 2. The van der Waals surface area contributed by atoms with Crippen molar-refractivity contribution in [2.75, 3.05) is 16.9 Å². The Bertz CT molecular complexity index is 1610. The van der Waals surface area contributed by atoms with Crippen molar-refractivity contribution < 1.29 is 18.0 Å². The van der Waals surface area contributed by atoms with E-state index in [2.05, 4.69) is 10.6 Å². The number of rotatable bonds is 7. The predicted octanol–water partition coefficient (Wildman–Crippen LogP) is 4.55. The number of para-hydroxylation sites is 1. The molecule has 0 aromatic heterocycles. The lowest BCUT2D eigenvalue weighted by Gasteiger charge is -2.13. The zero-order valence-corrected chi connectivity index (χ0v) is 20.7. The van der Waals surface area contributed by atoms with Crippen LogP contribution in [0.3, 0.4) is 0 Å². The van der Waals surface area contributed by atoms with Crippen LogP contribution in [0.15, 0.2) is 102 Å². The molecule has 0 aliphatic rings. The van der Waals surface area contributed by atoms with Crippen molar-refractivity contribution in [3.05, 3.63) is 114 Å². The Kier molecular flexibility index (Phi) is 7.17. The van der Waals surface area contributed by atoms with Crippen molar-refractivity contribution in [2.45, 2.75) is 4.90 Å². The van der Waals surface area contributed by atoms with Gasteiger partial charge in [0.15, 0.2) is 9.84 Å². The molecular weight excluding hydrogens is 488 g/mol. The van der Waals surface area contributed by atoms with Gasteiger partial charge in [0.1, 0.15) is 5.84 Å². The summed E-state index contributed by atoms with van der Waals surface area (Å²) in [6.07, 6.45) is 1.16. The van der Waals surface area contributed by atoms with Crippen LogP contribution in [0.25, 0.3) is 11.1 Å². The zero-order chi connectivity index (χ0) is 26.6. The number of amidine groups is 1. The standard InChI is InChI=1S/C28H24N4O4S/c1-37(35,36)25-12-5-3-9-22(25)18-13-15-21(16-14-18)31-28(34)23-10-2-4-11-24(23)32-27(33)20-8-6-7-19(17-20)26(29)30/h2-17H,1H3,(H3,29,30)(H,31,34)(H,32,33). The lowest BCUT2D eigenvalue weighted by Crippen LogP contribution is -2.19. The summed E-state index contributed by atoms with van der Waals surface area (Å²) in [4.78, 5) is 26.1. The predicted molar refractivity (Wildman–Crippen MR) is 145 cm³/mol. The maximum atomic E-state index is 13.1. The molecule has 0 aliphatic heterocycles. The minimum atomic E-state index is -3.41. The van der Waals surface area contributed by atoms with Crippen molar-refractivity contribution in [2.24, 2.45) is 5.73 Å². The van der Waals surface area contributed by atoms with Crippen molar-refractivity contribution >= 4 is 38.9 Å². The molecule has 2 amide bonds. The average molecular weight is 513 g/mol. The molecule has 0 unspecified atom stereocenters. The fourth-order valence-electron chi connectivity index (χ4n) is 3.77. The van der Waals surface area contributed by atoms with E-state index in [9.17, 15) is 18.0 Å². The Balaban J connectivity index is 1.53. The van der Waals surface area contributed by atoms with Crippen molar-refractivity contribution in [3.8, 4) is 11.1 Å². The van der Waals surface area contributed by atoms with Crippen LogP contribution in [0.1, 0.15) is 26.3 Å². The third kappa shape index (κ3) is 5.91. The van der Waals surface area contributed by atoms with Crippen LogP contribution in [0, 0.1) is 5.41 Å². The quantitative estimate of drug-likeness (QED) is 0.212. The Morgan fingerprint density at radius 2 is 1.41 bits per heavy atom. The van der Waals surface area contributed by atoms with Gasteiger partial charge in [-0.05, 0) is 48.0 Å². The molecule has 0 spiro atoms. The molecule has 4 aromatic carbocycles. The van der Waals surface area contributed by atoms with Crippen LogP contribution >= 0.6 is 0 Å². The summed E-state index contributed by atoms with van der Waals surface area (Å²) in [6.45, 7) is 0. The maximum absolute atomic E-state index is 13.1. The minimum absolute atomic E-state index is 0.153. The molecule has 5 N–H and O–H groups in total. The number of nitrogen functional groups attached to an aromatic ring is 1. The molecule has 0 aliphatic carbocycles. The zero-order valence-electron chi connectivity index (χ0n) is 19.9. The van der Waals surface area contributed by atoms with Crippen LogP contribution in [0.4, 0.5) is 11.4 Å². The number of sulfone groups is 1. The third-order valence-corrected chi connectivity index (χ3v) is 6.75. The molecular formula is C28H24N4O4S. The second-order valence-electron chi connectivity index (χ2n) is 8.29. The smallest absolute Gasteiger partial charge is 0.257 e. The monoisotopic (exact) mass is 512 g/mol. The average Bonchev–Trinajstić information content (AvgIpc) is 2.89. The fourth-order valence-corrected chi connectivity index (χ4v) is 4.68. The molecule has 4 rings (SSSR count). The first-order valence-electron chi connectivity index (χ1n) is 11.2. The van der Waals surface area contributed by atoms with E-state index in [1.54, 1.807) is 91.0 Å². The van der Waals surface area contributed by atoms with Crippen molar-refractivity contribution in [3.63, 3.8) is 0 Å². The second-order valence-corrected chi connectivity index (χ2v) is 10.3. The van der Waals surface area contributed by atoms with Gasteiger partial charge in [-0.1, -0.05) is 54.6 Å². The largest absolute Gasteiger partial charge is 0.384 e. The first-order chi connectivity index (χ1) is 17.6. The molecule has 0 heterocycles. The summed E-state index contributed by atoms with van der Waals surface area (Å²) < 4.78 is 24.3. The first kappa shape index (κ1) is 25.3. The van der Waals surface area contributed by atoms with E-state index in [0.29, 0.717) is 33.6 Å². The van der Waals surface area contributed by atoms with Crippen molar-refractivity contribution in [1.82, 2.24) is 0 Å². The summed E-state index contributed by atoms with van der Waals surface area (Å²) in [6, 6.07) is 26.5. The lowest BCUT2D eigenvalue weighted by atomic mass is 10.1. The highest BCUT2D eigenvalue weighted by atomic mass is 32.2. The molecule has 0 saturated carbocycles. The van der Waals surface area contributed by atoms with Gasteiger partial charge in [0.2, 0.25) is 0 Å². The van der Waals surface area contributed by atoms with Crippen LogP contribution in [0.2, 0.25) is 0 Å². The molecule has 186 valence electrons. The van der Waals surface area contributed by atoms with Gasteiger partial charge in [-0.25, -0.2) is 8.42 Å². The van der Waals surface area contributed by atoms with E-state index in [0.717, 1.165) is 6.26 Å². The molecule has 0 atom stereocenters. The highest BCUT2D eigenvalue weighted by Crippen LogP contribution is 2.28. The Morgan fingerprint density at radius 3 is 2.11 bits per heavy atom. The fraction of sp³-hybridized carbons (Fsp3) is 0.0357. The van der Waals surface area contributed by atoms with E-state index in [4.69, 9.17) is 11.1 Å². The molecule has 9 heteroatoms. The molecule has 0 fully saturated rings. The van der Waals surface area contributed by atoms with Crippen LogP contribution in [-0.2, 0) is 9.84 Å². The van der Waals surface area contributed by atoms with E-state index < -0.39 is 21.7 Å². The summed E-state index contributed by atoms with van der Waals surface area (Å²) in [7, 11) is -3.41. The molecule has 0 saturated heterocycles. The molecule has 0 bridgehead atoms. The summed E-state index contributed by atoms with van der Waals surface area (Å²) >= 11 is 0. The molecule has 37 heavy (non-hydrogen) atoms. The topological polar surface area (TPSA) is 142 Å². The Hall–Kier alpha value is -4.76. The van der Waals surface area contributed by atoms with Gasteiger partial charge < -0.3 is 16.4 Å². The van der Waals surface area contributed by atoms with Gasteiger partial charge in [-0.15, -0.1) is 0 Å². The van der Waals surface area contributed by atoms with Crippen LogP contribution in [0.5, 0.6) is 0 Å². The highest BCUT2D eigenvalue weighted by Gasteiger charge is 2.16.